The quantitative estimate of drug-likeness (QED) is 0.421. The molecular formula is C20H22ClN3O2S2. The van der Waals surface area contributed by atoms with E-state index in [2.05, 4.69) is 10.3 Å². The van der Waals surface area contributed by atoms with Gasteiger partial charge in [0.2, 0.25) is 5.91 Å². The van der Waals surface area contributed by atoms with Crippen molar-refractivity contribution in [2.45, 2.75) is 44.4 Å². The van der Waals surface area contributed by atoms with E-state index in [-0.39, 0.29) is 23.3 Å². The maximum absolute atomic E-state index is 13.0. The van der Waals surface area contributed by atoms with Crippen molar-refractivity contribution in [3.05, 3.63) is 56.7 Å². The summed E-state index contributed by atoms with van der Waals surface area (Å²) < 4.78 is 2.32. The van der Waals surface area contributed by atoms with Gasteiger partial charge in [-0.1, -0.05) is 42.4 Å². The summed E-state index contributed by atoms with van der Waals surface area (Å²) in [5.41, 5.74) is 1.72. The average Bonchev–Trinajstić information content (AvgIpc) is 3.16. The molecule has 0 aliphatic heterocycles. The molecule has 2 heterocycles. The van der Waals surface area contributed by atoms with Gasteiger partial charge in [0.15, 0.2) is 5.16 Å². The van der Waals surface area contributed by atoms with Crippen molar-refractivity contribution in [2.24, 2.45) is 0 Å². The Kier molecular flexibility index (Phi) is 7.15. The molecule has 5 nitrogen and oxygen atoms in total. The van der Waals surface area contributed by atoms with Crippen LogP contribution in [-0.4, -0.2) is 27.3 Å². The minimum atomic E-state index is -0.0567. The number of amides is 1. The number of carbonyl (C=O) groups excluding carboxylic acids is 1. The van der Waals surface area contributed by atoms with Crippen molar-refractivity contribution in [3.8, 4) is 0 Å². The number of nitrogens with zero attached hydrogens (tertiary/aromatic N) is 2. The Hall–Kier alpha value is -1.83. The first-order chi connectivity index (χ1) is 13.5. The first kappa shape index (κ1) is 20.9. The standard InChI is InChI=1S/C20H22ClN3O2S2/c1-3-13(2)22-17(25)12-28-20-23-16-9-11-27-18(16)19(26)24(20)10-8-14-4-6-15(21)7-5-14/h4-7,9,11,13H,3,8,10,12H2,1-2H3,(H,22,25)/t13-/m1/s1. The Balaban J connectivity index is 1.81. The van der Waals surface area contributed by atoms with Gasteiger partial charge in [0.25, 0.3) is 5.56 Å². The molecule has 0 radical (unpaired) electrons. The highest BCUT2D eigenvalue weighted by atomic mass is 35.5. The largest absolute Gasteiger partial charge is 0.353 e. The molecule has 0 saturated heterocycles. The summed E-state index contributed by atoms with van der Waals surface area (Å²) in [6.45, 7) is 4.50. The number of carbonyl (C=O) groups is 1. The van der Waals surface area contributed by atoms with Crippen molar-refractivity contribution in [1.82, 2.24) is 14.9 Å². The van der Waals surface area contributed by atoms with Gasteiger partial charge in [-0.3, -0.25) is 14.2 Å². The molecule has 3 rings (SSSR count). The lowest BCUT2D eigenvalue weighted by Gasteiger charge is -2.14. The second-order valence-electron chi connectivity index (χ2n) is 6.53. The van der Waals surface area contributed by atoms with E-state index in [1.165, 1.54) is 23.1 Å². The van der Waals surface area contributed by atoms with Crippen LogP contribution < -0.4 is 10.9 Å². The second kappa shape index (κ2) is 9.58. The summed E-state index contributed by atoms with van der Waals surface area (Å²) in [7, 11) is 0. The Morgan fingerprint density at radius 3 is 2.79 bits per heavy atom. The minimum absolute atomic E-state index is 0.0525. The van der Waals surface area contributed by atoms with E-state index in [4.69, 9.17) is 11.6 Å². The number of fused-ring (bicyclic) bond motifs is 1. The van der Waals surface area contributed by atoms with E-state index >= 15 is 0 Å². The lowest BCUT2D eigenvalue weighted by atomic mass is 10.1. The van der Waals surface area contributed by atoms with Crippen molar-refractivity contribution in [2.75, 3.05) is 5.75 Å². The zero-order valence-electron chi connectivity index (χ0n) is 15.8. The lowest BCUT2D eigenvalue weighted by Crippen LogP contribution is -2.33. The molecule has 1 amide bonds. The molecule has 1 N–H and O–H groups in total. The van der Waals surface area contributed by atoms with Crippen LogP contribution in [-0.2, 0) is 17.8 Å². The fourth-order valence-electron chi connectivity index (χ4n) is 2.67. The zero-order valence-corrected chi connectivity index (χ0v) is 18.2. The van der Waals surface area contributed by atoms with Crippen LogP contribution >= 0.6 is 34.7 Å². The molecular weight excluding hydrogens is 414 g/mol. The molecule has 0 aliphatic rings. The molecule has 8 heteroatoms. The first-order valence-electron chi connectivity index (χ1n) is 9.12. The average molecular weight is 436 g/mol. The van der Waals surface area contributed by atoms with E-state index in [0.29, 0.717) is 33.4 Å². The molecule has 0 saturated carbocycles. The van der Waals surface area contributed by atoms with Crippen molar-refractivity contribution in [3.63, 3.8) is 0 Å². The third kappa shape index (κ3) is 5.16. The highest BCUT2D eigenvalue weighted by Crippen LogP contribution is 2.21. The summed E-state index contributed by atoms with van der Waals surface area (Å²) >= 11 is 8.64. The number of aryl methyl sites for hydroxylation is 1. The predicted octanol–water partition coefficient (Wildman–Crippen LogP) is 4.36. The van der Waals surface area contributed by atoms with Gasteiger partial charge in [0.1, 0.15) is 4.70 Å². The Bertz CT molecular complexity index is 1010. The SMILES string of the molecule is CC[C@@H](C)NC(=O)CSc1nc2ccsc2c(=O)n1CCc1ccc(Cl)cc1. The molecule has 1 aromatic carbocycles. The van der Waals surface area contributed by atoms with Crippen LogP contribution in [0.4, 0.5) is 0 Å². The molecule has 3 aromatic rings. The van der Waals surface area contributed by atoms with Gasteiger partial charge in [-0.2, -0.15) is 0 Å². The Morgan fingerprint density at radius 1 is 1.32 bits per heavy atom. The van der Waals surface area contributed by atoms with Gasteiger partial charge < -0.3 is 5.32 Å². The predicted molar refractivity (Wildman–Crippen MR) is 118 cm³/mol. The van der Waals surface area contributed by atoms with E-state index in [0.717, 1.165) is 12.0 Å². The highest BCUT2D eigenvalue weighted by molar-refractivity contribution is 7.99. The maximum Gasteiger partial charge on any atom is 0.272 e. The number of thioether (sulfide) groups is 1. The number of thiophene rings is 1. The first-order valence-corrected chi connectivity index (χ1v) is 11.4. The fourth-order valence-corrected chi connectivity index (χ4v) is 4.41. The van der Waals surface area contributed by atoms with Crippen LogP contribution in [0, 0.1) is 0 Å². The number of hydrogen-bond acceptors (Lipinski definition) is 5. The van der Waals surface area contributed by atoms with Crippen molar-refractivity contribution < 1.29 is 4.79 Å². The zero-order chi connectivity index (χ0) is 20.1. The van der Waals surface area contributed by atoms with Gasteiger partial charge in [-0.05, 0) is 48.9 Å². The Morgan fingerprint density at radius 2 is 2.07 bits per heavy atom. The summed E-state index contributed by atoms with van der Waals surface area (Å²) in [6.07, 6.45) is 1.56. The van der Waals surface area contributed by atoms with Crippen molar-refractivity contribution in [1.29, 1.82) is 0 Å². The van der Waals surface area contributed by atoms with Gasteiger partial charge in [0.05, 0.1) is 11.3 Å². The number of halogens is 1. The molecule has 0 aliphatic carbocycles. The third-order valence-corrected chi connectivity index (χ3v) is 6.54. The van der Waals surface area contributed by atoms with E-state index < -0.39 is 0 Å². The van der Waals surface area contributed by atoms with Crippen LogP contribution in [0.25, 0.3) is 10.2 Å². The smallest absolute Gasteiger partial charge is 0.272 e. The highest BCUT2D eigenvalue weighted by Gasteiger charge is 2.15. The fraction of sp³-hybridized carbons (Fsp3) is 0.350. The minimum Gasteiger partial charge on any atom is -0.353 e. The van der Waals surface area contributed by atoms with Gasteiger partial charge in [-0.15, -0.1) is 11.3 Å². The normalized spacial score (nSPS) is 12.2. The number of hydrogen-bond donors (Lipinski definition) is 1. The number of rotatable bonds is 8. The number of benzene rings is 1. The molecule has 2 aromatic heterocycles. The van der Waals surface area contributed by atoms with Crippen LogP contribution in [0.2, 0.25) is 5.02 Å². The molecule has 0 unspecified atom stereocenters. The summed E-state index contributed by atoms with van der Waals surface area (Å²) in [4.78, 5) is 29.7. The molecule has 1 atom stereocenters. The van der Waals surface area contributed by atoms with Gasteiger partial charge >= 0.3 is 0 Å². The Labute approximate surface area is 177 Å². The summed E-state index contributed by atoms with van der Waals surface area (Å²) in [5, 5.41) is 6.07. The van der Waals surface area contributed by atoms with Gasteiger partial charge in [0, 0.05) is 17.6 Å². The summed E-state index contributed by atoms with van der Waals surface area (Å²) in [6, 6.07) is 9.57. The van der Waals surface area contributed by atoms with E-state index in [1.54, 1.807) is 4.57 Å². The van der Waals surface area contributed by atoms with E-state index in [9.17, 15) is 9.59 Å². The molecule has 148 valence electrons. The van der Waals surface area contributed by atoms with Gasteiger partial charge in [-0.25, -0.2) is 4.98 Å². The molecule has 28 heavy (non-hydrogen) atoms. The molecule has 0 fully saturated rings. The molecule has 0 bridgehead atoms. The lowest BCUT2D eigenvalue weighted by molar-refractivity contribution is -0.119. The summed E-state index contributed by atoms with van der Waals surface area (Å²) in [5.74, 6) is 0.177. The topological polar surface area (TPSA) is 64.0 Å². The second-order valence-corrected chi connectivity index (χ2v) is 8.82. The molecule has 0 spiro atoms. The monoisotopic (exact) mass is 435 g/mol. The van der Waals surface area contributed by atoms with Crippen LogP contribution in [0.15, 0.2) is 45.7 Å². The van der Waals surface area contributed by atoms with E-state index in [1.807, 2.05) is 49.6 Å². The number of nitrogens with one attached hydrogen (secondary N) is 1. The third-order valence-electron chi connectivity index (χ3n) is 4.42. The van der Waals surface area contributed by atoms with Crippen LogP contribution in [0.1, 0.15) is 25.8 Å². The van der Waals surface area contributed by atoms with Crippen LogP contribution in [0.5, 0.6) is 0 Å². The maximum atomic E-state index is 13.0. The van der Waals surface area contributed by atoms with Crippen molar-refractivity contribution >= 4 is 50.8 Å². The number of aromatic nitrogens is 2. The van der Waals surface area contributed by atoms with Crippen LogP contribution in [0.3, 0.4) is 0 Å².